The molecule has 118 valence electrons. The predicted molar refractivity (Wildman–Crippen MR) is 96.1 cm³/mol. The van der Waals surface area contributed by atoms with Crippen LogP contribution in [0.25, 0.3) is 11.3 Å². The van der Waals surface area contributed by atoms with Crippen molar-refractivity contribution in [2.24, 2.45) is 0 Å². The molecular weight excluding hydrogens is 376 g/mol. The Kier molecular flexibility index (Phi) is 4.37. The molecule has 0 aliphatic heterocycles. The van der Waals surface area contributed by atoms with Crippen LogP contribution in [0.15, 0.2) is 39.4 Å². The molecule has 0 radical (unpaired) electrons. The Bertz CT molecular complexity index is 883. The number of nitrogens with zero attached hydrogens (tertiary/aromatic N) is 1. The topological polar surface area (TPSA) is 55.1 Å². The minimum atomic E-state index is -0.309. The second kappa shape index (κ2) is 6.29. The van der Waals surface area contributed by atoms with Crippen molar-refractivity contribution in [2.75, 3.05) is 5.32 Å². The van der Waals surface area contributed by atoms with Crippen LogP contribution in [0.2, 0.25) is 0 Å². The first kappa shape index (κ1) is 16.0. The molecule has 2 heterocycles. The van der Waals surface area contributed by atoms with Gasteiger partial charge in [0.1, 0.15) is 0 Å². The molecular formula is C17H15BrN2O2S. The molecule has 0 spiro atoms. The van der Waals surface area contributed by atoms with E-state index in [-0.39, 0.29) is 11.7 Å². The van der Waals surface area contributed by atoms with Crippen LogP contribution in [0.3, 0.4) is 0 Å². The first-order valence-corrected chi connectivity index (χ1v) is 8.67. The van der Waals surface area contributed by atoms with E-state index >= 15 is 0 Å². The minimum Gasteiger partial charge on any atom is -0.444 e. The minimum absolute atomic E-state index is 0.248. The lowest BCUT2D eigenvalue weighted by Gasteiger charge is -2.03. The largest absolute Gasteiger partial charge is 0.444 e. The molecule has 1 amide bonds. The number of thiazole rings is 1. The Balaban J connectivity index is 1.86. The van der Waals surface area contributed by atoms with Gasteiger partial charge in [0.05, 0.1) is 5.69 Å². The third-order valence-electron chi connectivity index (χ3n) is 3.59. The zero-order chi connectivity index (χ0) is 16.6. The highest BCUT2D eigenvalue weighted by molar-refractivity contribution is 9.10. The number of hydrogen-bond donors (Lipinski definition) is 1. The molecule has 3 aromatic rings. The maximum absolute atomic E-state index is 12.1. The van der Waals surface area contributed by atoms with Crippen molar-refractivity contribution in [3.63, 3.8) is 0 Å². The number of rotatable bonds is 3. The van der Waals surface area contributed by atoms with E-state index in [4.69, 9.17) is 4.42 Å². The van der Waals surface area contributed by atoms with Crippen molar-refractivity contribution < 1.29 is 9.21 Å². The van der Waals surface area contributed by atoms with Gasteiger partial charge in [-0.1, -0.05) is 12.1 Å². The summed E-state index contributed by atoms with van der Waals surface area (Å²) >= 11 is 4.64. The van der Waals surface area contributed by atoms with Gasteiger partial charge in [0, 0.05) is 10.4 Å². The molecule has 0 aliphatic carbocycles. The number of anilines is 1. The molecule has 0 fully saturated rings. The van der Waals surface area contributed by atoms with Crippen molar-refractivity contribution in [3.8, 4) is 11.3 Å². The molecule has 6 heteroatoms. The van der Waals surface area contributed by atoms with E-state index in [2.05, 4.69) is 58.3 Å². The number of halogens is 1. The normalized spacial score (nSPS) is 10.8. The molecule has 0 unspecified atom stereocenters. The number of carbonyl (C=O) groups is 1. The van der Waals surface area contributed by atoms with E-state index < -0.39 is 0 Å². The van der Waals surface area contributed by atoms with Crippen molar-refractivity contribution >= 4 is 38.3 Å². The van der Waals surface area contributed by atoms with Gasteiger partial charge in [-0.15, -0.1) is 11.3 Å². The summed E-state index contributed by atoms with van der Waals surface area (Å²) in [6, 6.07) is 9.56. The molecule has 1 N–H and O–H groups in total. The average Bonchev–Trinajstić information content (AvgIpc) is 3.08. The first-order valence-electron chi connectivity index (χ1n) is 7.06. The second-order valence-corrected chi connectivity index (χ2v) is 7.27. The lowest BCUT2D eigenvalue weighted by Crippen LogP contribution is -2.10. The van der Waals surface area contributed by atoms with Gasteiger partial charge in [-0.3, -0.25) is 10.1 Å². The molecule has 2 aromatic heterocycles. The highest BCUT2D eigenvalue weighted by Crippen LogP contribution is 2.31. The number of amides is 1. The summed E-state index contributed by atoms with van der Waals surface area (Å²) in [5, 5.41) is 3.35. The third kappa shape index (κ3) is 3.38. The molecule has 0 saturated carbocycles. The fraction of sp³-hybridized carbons (Fsp3) is 0.176. The zero-order valence-corrected chi connectivity index (χ0v) is 15.3. The van der Waals surface area contributed by atoms with Crippen LogP contribution in [-0.2, 0) is 0 Å². The molecule has 1 aromatic carbocycles. The number of carbonyl (C=O) groups excluding carboxylic acids is 1. The van der Waals surface area contributed by atoms with Crippen LogP contribution in [-0.4, -0.2) is 10.9 Å². The SMILES string of the molecule is Cc1ccc(-c2nc(NC(=O)c3ccc(Br)o3)sc2C)cc1C. The highest BCUT2D eigenvalue weighted by atomic mass is 79.9. The molecule has 23 heavy (non-hydrogen) atoms. The standard InChI is InChI=1S/C17H15BrN2O2S/c1-9-4-5-12(8-10(9)2)15-11(3)23-17(19-15)20-16(21)13-6-7-14(18)22-13/h4-8H,1-3H3,(H,19,20,21). The Hall–Kier alpha value is -1.92. The Morgan fingerprint density at radius 2 is 1.96 bits per heavy atom. The lowest BCUT2D eigenvalue weighted by atomic mass is 10.0. The fourth-order valence-corrected chi connectivity index (χ4v) is 3.34. The third-order valence-corrected chi connectivity index (χ3v) is 4.91. The van der Waals surface area contributed by atoms with Gasteiger partial charge in [0.15, 0.2) is 15.6 Å². The van der Waals surface area contributed by atoms with Crippen molar-refractivity contribution in [2.45, 2.75) is 20.8 Å². The average molecular weight is 391 g/mol. The van der Waals surface area contributed by atoms with E-state index in [0.29, 0.717) is 9.80 Å². The quantitative estimate of drug-likeness (QED) is 0.656. The number of benzene rings is 1. The maximum atomic E-state index is 12.1. The summed E-state index contributed by atoms with van der Waals surface area (Å²) in [5.74, 6) is -0.0615. The van der Waals surface area contributed by atoms with Gasteiger partial charge in [0.25, 0.3) is 5.91 Å². The molecule has 0 bridgehead atoms. The van der Waals surface area contributed by atoms with Gasteiger partial charge in [0.2, 0.25) is 0 Å². The lowest BCUT2D eigenvalue weighted by molar-refractivity contribution is 0.0995. The van der Waals surface area contributed by atoms with Gasteiger partial charge < -0.3 is 4.42 Å². The number of furan rings is 1. The number of hydrogen-bond acceptors (Lipinski definition) is 4. The first-order chi connectivity index (χ1) is 10.9. The van der Waals surface area contributed by atoms with Crippen molar-refractivity contribution in [3.05, 3.63) is 56.8 Å². The Labute approximate surface area is 146 Å². The summed E-state index contributed by atoms with van der Waals surface area (Å²) in [6.07, 6.45) is 0. The smallest absolute Gasteiger partial charge is 0.293 e. The van der Waals surface area contributed by atoms with Gasteiger partial charge >= 0.3 is 0 Å². The number of aromatic nitrogens is 1. The molecule has 0 saturated heterocycles. The van der Waals surface area contributed by atoms with E-state index in [9.17, 15) is 4.79 Å². The molecule has 3 rings (SSSR count). The van der Waals surface area contributed by atoms with Crippen LogP contribution in [0.1, 0.15) is 26.6 Å². The maximum Gasteiger partial charge on any atom is 0.293 e. The Morgan fingerprint density at radius 1 is 1.17 bits per heavy atom. The van der Waals surface area contributed by atoms with Crippen LogP contribution in [0, 0.1) is 20.8 Å². The molecule has 0 atom stereocenters. The second-order valence-electron chi connectivity index (χ2n) is 5.28. The zero-order valence-electron chi connectivity index (χ0n) is 12.9. The number of aryl methyl sites for hydroxylation is 3. The van der Waals surface area contributed by atoms with Crippen molar-refractivity contribution in [1.82, 2.24) is 4.98 Å². The summed E-state index contributed by atoms with van der Waals surface area (Å²) in [7, 11) is 0. The van der Waals surface area contributed by atoms with Gasteiger partial charge in [-0.2, -0.15) is 0 Å². The van der Waals surface area contributed by atoms with Crippen LogP contribution >= 0.6 is 27.3 Å². The van der Waals surface area contributed by atoms with E-state index in [1.807, 2.05) is 6.92 Å². The fourth-order valence-electron chi connectivity index (χ4n) is 2.20. The van der Waals surface area contributed by atoms with Crippen LogP contribution < -0.4 is 5.32 Å². The van der Waals surface area contributed by atoms with Crippen LogP contribution in [0.4, 0.5) is 5.13 Å². The van der Waals surface area contributed by atoms with Gasteiger partial charge in [-0.25, -0.2) is 4.98 Å². The van der Waals surface area contributed by atoms with E-state index in [1.54, 1.807) is 12.1 Å². The summed E-state index contributed by atoms with van der Waals surface area (Å²) in [4.78, 5) is 17.7. The summed E-state index contributed by atoms with van der Waals surface area (Å²) < 4.78 is 5.77. The highest BCUT2D eigenvalue weighted by Gasteiger charge is 2.15. The Morgan fingerprint density at radius 3 is 2.61 bits per heavy atom. The molecule has 0 aliphatic rings. The predicted octanol–water partition coefficient (Wildman–Crippen LogP) is 5.34. The van der Waals surface area contributed by atoms with Crippen molar-refractivity contribution in [1.29, 1.82) is 0 Å². The summed E-state index contributed by atoms with van der Waals surface area (Å²) in [5.41, 5.74) is 4.43. The van der Waals surface area contributed by atoms with Gasteiger partial charge in [-0.05, 0) is 66.0 Å². The molecule has 4 nitrogen and oxygen atoms in total. The number of nitrogens with one attached hydrogen (secondary N) is 1. The van der Waals surface area contributed by atoms with E-state index in [1.165, 1.54) is 22.5 Å². The van der Waals surface area contributed by atoms with Crippen LogP contribution in [0.5, 0.6) is 0 Å². The monoisotopic (exact) mass is 390 g/mol. The van der Waals surface area contributed by atoms with E-state index in [0.717, 1.165) is 16.1 Å². The summed E-state index contributed by atoms with van der Waals surface area (Å²) in [6.45, 7) is 6.17.